The molecule has 3 fully saturated rings. The maximum Gasteiger partial charge on any atom is 0.264 e. The van der Waals surface area contributed by atoms with Gasteiger partial charge in [-0.1, -0.05) is 36.7 Å². The van der Waals surface area contributed by atoms with Crippen LogP contribution in [0.1, 0.15) is 87.2 Å². The van der Waals surface area contributed by atoms with Crippen molar-refractivity contribution >= 4 is 33.2 Å². The van der Waals surface area contributed by atoms with Crippen LogP contribution >= 0.6 is 11.6 Å². The Labute approximate surface area is 320 Å². The van der Waals surface area contributed by atoms with E-state index < -0.39 is 26.8 Å². The van der Waals surface area contributed by atoms with Crippen LogP contribution in [0.4, 0.5) is 5.69 Å². The van der Waals surface area contributed by atoms with Crippen LogP contribution in [0.15, 0.2) is 48.6 Å². The first-order valence-electron chi connectivity index (χ1n) is 19.9. The van der Waals surface area contributed by atoms with Crippen LogP contribution in [0.25, 0.3) is 0 Å². The van der Waals surface area contributed by atoms with Crippen molar-refractivity contribution in [3.63, 3.8) is 0 Å². The number of carbonyl (C=O) groups is 1. The topological polar surface area (TPSA) is 97.4 Å². The third-order valence-corrected chi connectivity index (χ3v) is 16.0. The van der Waals surface area contributed by atoms with E-state index in [0.29, 0.717) is 36.5 Å². The van der Waals surface area contributed by atoms with E-state index in [0.717, 1.165) is 107 Å². The first-order valence-corrected chi connectivity index (χ1v) is 21.8. The van der Waals surface area contributed by atoms with Gasteiger partial charge in [-0.25, -0.2) is 13.1 Å². The lowest BCUT2D eigenvalue weighted by molar-refractivity contribution is -0.152. The third kappa shape index (κ3) is 7.05. The molecule has 1 saturated carbocycles. The summed E-state index contributed by atoms with van der Waals surface area (Å²) in [6.45, 7) is 13.0. The molecule has 2 bridgehead atoms. The summed E-state index contributed by atoms with van der Waals surface area (Å²) in [6, 6.07) is 11.7. The van der Waals surface area contributed by atoms with Crippen LogP contribution in [0.5, 0.6) is 5.75 Å². The molecule has 0 radical (unpaired) electrons. The zero-order valence-corrected chi connectivity index (χ0v) is 33.2. The molecule has 2 aliphatic carbocycles. The molecule has 6 atom stereocenters. The van der Waals surface area contributed by atoms with E-state index in [9.17, 15) is 13.2 Å². The summed E-state index contributed by atoms with van der Waals surface area (Å²) in [6.07, 6.45) is 12.5. The maximum absolute atomic E-state index is 13.7. The Kier molecular flexibility index (Phi) is 10.2. The molecule has 288 valence electrons. The number of hydrogen-bond donors (Lipinski definition) is 1. The van der Waals surface area contributed by atoms with Gasteiger partial charge in [-0.3, -0.25) is 4.79 Å². The van der Waals surface area contributed by atoms with Gasteiger partial charge < -0.3 is 24.0 Å². The van der Waals surface area contributed by atoms with Gasteiger partial charge in [0.2, 0.25) is 10.0 Å². The Morgan fingerprint density at radius 3 is 2.57 bits per heavy atom. The van der Waals surface area contributed by atoms with Gasteiger partial charge in [-0.05, 0) is 138 Å². The standard InChI is InChI=1S/C42H56ClN3O6S/c1-4-52-42(25-45-19-17-40(18-20-45)26-50-27-40)16-5-7-29(2)30(3)53(48,49)44-39(47)32-10-14-38-37(22-32)46(23-33-9-12-36(33)42)24-41(28-51-38)15-6-8-31-21-34(43)11-13-35(31)41/h5,10-11,13-14,16,21-22,29-30,33,36H,4,6-9,12,15,17-20,23-28H2,1-3H3,(H,44,47)/b16-5+/t29-,30+,33-,36+,41-,42+/m0/s1. The fourth-order valence-corrected chi connectivity index (χ4v) is 11.7. The highest BCUT2D eigenvalue weighted by atomic mass is 35.5. The number of aryl methyl sites for hydroxylation is 1. The molecule has 6 aliphatic rings. The zero-order valence-electron chi connectivity index (χ0n) is 31.6. The average Bonchev–Trinajstić information content (AvgIpc) is 3.25. The number of allylic oxidation sites excluding steroid dienone is 1. The molecular formula is C42H56ClN3O6S. The van der Waals surface area contributed by atoms with Crippen LogP contribution in [0.3, 0.4) is 0 Å². The molecule has 4 aliphatic heterocycles. The number of amides is 1. The van der Waals surface area contributed by atoms with Crippen molar-refractivity contribution in [1.82, 2.24) is 9.62 Å². The molecule has 0 unspecified atom stereocenters. The average molecular weight is 766 g/mol. The number of halogens is 1. The number of ether oxygens (including phenoxy) is 3. The van der Waals surface area contributed by atoms with E-state index >= 15 is 0 Å². The SMILES string of the molecule is CCO[C@@]1(CN2CCC3(CC2)COC3)/C=C/C[C@H](C)[C@@H](C)S(=O)(=O)NC(=O)c2ccc3c(c2)N(C[C@@H]2CC[C@H]21)C[C@@]1(CCCc2cc(Cl)ccc21)CO3. The van der Waals surface area contributed by atoms with Gasteiger partial charge in [0.05, 0.1) is 30.8 Å². The normalized spacial score (nSPS) is 34.4. The predicted molar refractivity (Wildman–Crippen MR) is 208 cm³/mol. The highest BCUT2D eigenvalue weighted by molar-refractivity contribution is 7.90. The van der Waals surface area contributed by atoms with Gasteiger partial charge in [0.1, 0.15) is 11.4 Å². The highest BCUT2D eigenvalue weighted by Gasteiger charge is 2.51. The Hall–Kier alpha value is -2.63. The molecule has 53 heavy (non-hydrogen) atoms. The molecule has 4 heterocycles. The zero-order chi connectivity index (χ0) is 37.0. The van der Waals surface area contributed by atoms with Crippen LogP contribution in [-0.2, 0) is 31.3 Å². The summed E-state index contributed by atoms with van der Waals surface area (Å²) in [5.74, 6) is 0.522. The molecule has 0 aromatic heterocycles. The van der Waals surface area contributed by atoms with E-state index in [1.807, 2.05) is 25.1 Å². The van der Waals surface area contributed by atoms with Crippen molar-refractivity contribution in [2.24, 2.45) is 23.2 Å². The Bertz CT molecular complexity index is 1840. The van der Waals surface area contributed by atoms with Gasteiger partial charge in [0.15, 0.2) is 0 Å². The summed E-state index contributed by atoms with van der Waals surface area (Å²) in [7, 11) is -3.95. The number of nitrogens with zero attached hydrogens (tertiary/aromatic N) is 2. The molecule has 2 spiro atoms. The van der Waals surface area contributed by atoms with Crippen molar-refractivity contribution in [3.8, 4) is 5.75 Å². The van der Waals surface area contributed by atoms with E-state index in [4.69, 9.17) is 25.8 Å². The van der Waals surface area contributed by atoms with Gasteiger partial charge in [0, 0.05) is 47.7 Å². The van der Waals surface area contributed by atoms with E-state index in [1.54, 1.807) is 13.0 Å². The maximum atomic E-state index is 13.7. The number of nitrogens with one attached hydrogen (secondary N) is 1. The van der Waals surface area contributed by atoms with Crippen LogP contribution in [0, 0.1) is 23.2 Å². The van der Waals surface area contributed by atoms with E-state index in [1.165, 1.54) is 11.1 Å². The Morgan fingerprint density at radius 1 is 1.04 bits per heavy atom. The smallest absolute Gasteiger partial charge is 0.264 e. The van der Waals surface area contributed by atoms with E-state index in [2.05, 4.69) is 45.7 Å². The molecular weight excluding hydrogens is 710 g/mol. The number of piperidine rings is 1. The molecule has 1 amide bonds. The Morgan fingerprint density at radius 2 is 1.85 bits per heavy atom. The molecule has 2 aromatic rings. The summed E-state index contributed by atoms with van der Waals surface area (Å²) >= 11 is 6.51. The second-order valence-corrected chi connectivity index (χ2v) is 19.7. The van der Waals surface area contributed by atoms with Gasteiger partial charge in [-0.15, -0.1) is 0 Å². The lowest BCUT2D eigenvalue weighted by Gasteiger charge is -2.54. The minimum absolute atomic E-state index is 0.213. The number of carbonyl (C=O) groups excluding carboxylic acids is 1. The van der Waals surface area contributed by atoms with Crippen LogP contribution in [0.2, 0.25) is 5.02 Å². The number of fused-ring (bicyclic) bond motifs is 4. The molecule has 2 saturated heterocycles. The molecule has 9 nitrogen and oxygen atoms in total. The summed E-state index contributed by atoms with van der Waals surface area (Å²) < 4.78 is 49.0. The quantitative estimate of drug-likeness (QED) is 0.341. The summed E-state index contributed by atoms with van der Waals surface area (Å²) in [5.41, 5.74) is 3.29. The number of likely N-dealkylation sites (tertiary alicyclic amines) is 1. The predicted octanol–water partition coefficient (Wildman–Crippen LogP) is 6.77. The monoisotopic (exact) mass is 765 g/mol. The van der Waals surface area contributed by atoms with Crippen LogP contribution < -0.4 is 14.4 Å². The number of hydrogen-bond acceptors (Lipinski definition) is 8. The molecule has 1 N–H and O–H groups in total. The second kappa shape index (κ2) is 14.5. The number of sulfonamides is 1. The van der Waals surface area contributed by atoms with E-state index in [-0.39, 0.29) is 17.3 Å². The first-order chi connectivity index (χ1) is 25.4. The molecule has 11 heteroatoms. The van der Waals surface area contributed by atoms with Crippen molar-refractivity contribution in [3.05, 3.63) is 70.3 Å². The highest BCUT2D eigenvalue weighted by Crippen LogP contribution is 2.50. The largest absolute Gasteiger partial charge is 0.490 e. The van der Waals surface area contributed by atoms with Gasteiger partial charge in [0.25, 0.3) is 5.91 Å². The fraction of sp³-hybridized carbons (Fsp3) is 0.643. The lowest BCUT2D eigenvalue weighted by atomic mass is 9.63. The number of benzene rings is 2. The summed E-state index contributed by atoms with van der Waals surface area (Å²) in [5, 5.41) is -0.0224. The first kappa shape index (κ1) is 37.3. The number of anilines is 1. The van der Waals surface area contributed by atoms with Gasteiger partial charge >= 0.3 is 0 Å². The molecule has 8 rings (SSSR count). The number of rotatable bonds is 4. The van der Waals surface area contributed by atoms with Crippen molar-refractivity contribution in [1.29, 1.82) is 0 Å². The minimum atomic E-state index is -3.95. The fourth-order valence-electron chi connectivity index (χ4n) is 10.2. The van der Waals surface area contributed by atoms with Crippen molar-refractivity contribution in [2.45, 2.75) is 88.4 Å². The summed E-state index contributed by atoms with van der Waals surface area (Å²) in [4.78, 5) is 18.7. The minimum Gasteiger partial charge on any atom is -0.490 e. The van der Waals surface area contributed by atoms with Crippen molar-refractivity contribution in [2.75, 3.05) is 64.1 Å². The molecule has 2 aromatic carbocycles. The van der Waals surface area contributed by atoms with Gasteiger partial charge in [-0.2, -0.15) is 0 Å². The third-order valence-electron chi connectivity index (χ3n) is 13.9. The Balaban J connectivity index is 1.19. The second-order valence-electron chi connectivity index (χ2n) is 17.2. The van der Waals surface area contributed by atoms with Crippen molar-refractivity contribution < 1.29 is 27.4 Å². The lowest BCUT2D eigenvalue weighted by Crippen LogP contribution is -2.59. The van der Waals surface area contributed by atoms with Crippen LogP contribution in [-0.4, -0.2) is 89.2 Å².